The fourth-order valence-corrected chi connectivity index (χ4v) is 4.20. The Balaban J connectivity index is 1.48. The third-order valence-corrected chi connectivity index (χ3v) is 5.81. The van der Waals surface area contributed by atoms with Crippen LogP contribution in [-0.2, 0) is 4.74 Å². The molecule has 1 aromatic carbocycles. The number of carbonyl (C=O) groups excluding carboxylic acids is 1. The first kappa shape index (κ1) is 14.7. The van der Waals surface area contributed by atoms with E-state index in [-0.39, 0.29) is 23.5 Å². The molecule has 2 aliphatic rings. The summed E-state index contributed by atoms with van der Waals surface area (Å²) in [7, 11) is 1.71. The van der Waals surface area contributed by atoms with Crippen molar-refractivity contribution >= 4 is 16.8 Å². The number of nitrogens with zero attached hydrogens (tertiary/aromatic N) is 1. The number of methoxy groups -OCH3 is 1. The molecular weight excluding hydrogens is 292 g/mol. The zero-order valence-electron chi connectivity index (χ0n) is 13.3. The Morgan fingerprint density at radius 1 is 1.35 bits per heavy atom. The second-order valence-electron chi connectivity index (χ2n) is 6.78. The van der Waals surface area contributed by atoms with Crippen molar-refractivity contribution in [2.45, 2.75) is 31.5 Å². The van der Waals surface area contributed by atoms with E-state index in [0.717, 1.165) is 23.7 Å². The molecule has 5 nitrogen and oxygen atoms in total. The van der Waals surface area contributed by atoms with Crippen LogP contribution in [0.4, 0.5) is 0 Å². The van der Waals surface area contributed by atoms with Gasteiger partial charge < -0.3 is 19.7 Å². The molecule has 1 spiro atoms. The Morgan fingerprint density at radius 2 is 2.13 bits per heavy atom. The minimum absolute atomic E-state index is 0.0686. The molecule has 1 amide bonds. The molecule has 0 radical (unpaired) electrons. The predicted molar refractivity (Wildman–Crippen MR) is 87.3 cm³/mol. The molecule has 2 aromatic rings. The molecule has 4 rings (SSSR count). The summed E-state index contributed by atoms with van der Waals surface area (Å²) in [5.41, 5.74) is 1.56. The molecule has 1 saturated carbocycles. The number of likely N-dealkylation sites (tertiary alicyclic amines) is 1. The molecule has 2 N–H and O–H groups in total. The summed E-state index contributed by atoms with van der Waals surface area (Å²) in [6, 6.07) is 7.77. The number of ether oxygens (including phenoxy) is 1. The van der Waals surface area contributed by atoms with Crippen molar-refractivity contribution in [1.29, 1.82) is 0 Å². The van der Waals surface area contributed by atoms with Crippen LogP contribution in [0.5, 0.6) is 0 Å². The van der Waals surface area contributed by atoms with E-state index < -0.39 is 0 Å². The SMILES string of the molecule is CO[C@H]1C[C@@H](O)C12CCN(C(=O)c1ccc3cc[nH]c3c1)CC2. The van der Waals surface area contributed by atoms with E-state index in [9.17, 15) is 9.90 Å². The topological polar surface area (TPSA) is 65.6 Å². The van der Waals surface area contributed by atoms with Crippen LogP contribution in [0.15, 0.2) is 30.5 Å². The van der Waals surface area contributed by atoms with Gasteiger partial charge in [-0.1, -0.05) is 6.07 Å². The number of hydrogen-bond donors (Lipinski definition) is 2. The Kier molecular flexibility index (Phi) is 3.43. The third-order valence-electron chi connectivity index (χ3n) is 5.81. The Hall–Kier alpha value is -1.85. The van der Waals surface area contributed by atoms with Crippen molar-refractivity contribution in [2.75, 3.05) is 20.2 Å². The standard InChI is InChI=1S/C18H22N2O3/c1-23-16-11-15(21)18(16)5-8-20(9-6-18)17(22)13-3-2-12-4-7-19-14(12)10-13/h2-4,7,10,15-16,19,21H,5-6,8-9,11H2,1H3/t15-,16+/m1/s1. The number of carbonyl (C=O) groups is 1. The first-order valence-corrected chi connectivity index (χ1v) is 8.21. The van der Waals surface area contributed by atoms with Gasteiger partial charge in [-0.2, -0.15) is 0 Å². The molecule has 122 valence electrons. The normalized spacial score (nSPS) is 26.4. The number of benzene rings is 1. The Morgan fingerprint density at radius 3 is 2.83 bits per heavy atom. The highest BCUT2D eigenvalue weighted by Gasteiger charge is 2.56. The van der Waals surface area contributed by atoms with Gasteiger partial charge in [-0.05, 0) is 36.4 Å². The van der Waals surface area contributed by atoms with Crippen LogP contribution in [0.1, 0.15) is 29.6 Å². The molecule has 2 fully saturated rings. The first-order valence-electron chi connectivity index (χ1n) is 8.21. The number of aliphatic hydroxyl groups is 1. The number of aromatic nitrogens is 1. The van der Waals surface area contributed by atoms with Crippen LogP contribution >= 0.6 is 0 Å². The number of piperidine rings is 1. The van der Waals surface area contributed by atoms with E-state index in [0.29, 0.717) is 25.1 Å². The molecule has 2 heterocycles. The van der Waals surface area contributed by atoms with E-state index >= 15 is 0 Å². The number of aliphatic hydroxyl groups excluding tert-OH is 1. The van der Waals surface area contributed by atoms with Crippen molar-refractivity contribution in [1.82, 2.24) is 9.88 Å². The van der Waals surface area contributed by atoms with Crippen molar-refractivity contribution in [3.8, 4) is 0 Å². The predicted octanol–water partition coefficient (Wildman–Crippen LogP) is 2.17. The maximum absolute atomic E-state index is 12.7. The smallest absolute Gasteiger partial charge is 0.253 e. The van der Waals surface area contributed by atoms with Crippen LogP contribution in [0, 0.1) is 5.41 Å². The fraction of sp³-hybridized carbons (Fsp3) is 0.500. The van der Waals surface area contributed by atoms with Gasteiger partial charge in [-0.25, -0.2) is 0 Å². The van der Waals surface area contributed by atoms with Gasteiger partial charge >= 0.3 is 0 Å². The lowest BCUT2D eigenvalue weighted by molar-refractivity contribution is -0.199. The fourth-order valence-electron chi connectivity index (χ4n) is 4.20. The molecule has 1 aromatic heterocycles. The summed E-state index contributed by atoms with van der Waals surface area (Å²) in [6.07, 6.45) is 4.05. The summed E-state index contributed by atoms with van der Waals surface area (Å²) < 4.78 is 5.50. The number of H-pyrrole nitrogens is 1. The molecule has 23 heavy (non-hydrogen) atoms. The Bertz CT molecular complexity index is 731. The lowest BCUT2D eigenvalue weighted by Crippen LogP contribution is -2.62. The zero-order valence-corrected chi connectivity index (χ0v) is 13.3. The van der Waals surface area contributed by atoms with Crippen LogP contribution in [-0.4, -0.2) is 53.3 Å². The highest BCUT2D eigenvalue weighted by Crippen LogP contribution is 2.50. The van der Waals surface area contributed by atoms with Gasteiger partial charge in [-0.3, -0.25) is 4.79 Å². The van der Waals surface area contributed by atoms with Crippen LogP contribution < -0.4 is 0 Å². The van der Waals surface area contributed by atoms with E-state index in [2.05, 4.69) is 4.98 Å². The van der Waals surface area contributed by atoms with Crippen LogP contribution in [0.3, 0.4) is 0 Å². The number of nitrogens with one attached hydrogen (secondary N) is 1. The number of amides is 1. The van der Waals surface area contributed by atoms with E-state index in [1.54, 1.807) is 7.11 Å². The maximum Gasteiger partial charge on any atom is 0.253 e. The minimum atomic E-state index is -0.292. The number of hydrogen-bond acceptors (Lipinski definition) is 3. The van der Waals surface area contributed by atoms with Crippen LogP contribution in [0.25, 0.3) is 10.9 Å². The van der Waals surface area contributed by atoms with Gasteiger partial charge in [0, 0.05) is 49.3 Å². The molecule has 0 unspecified atom stereocenters. The third kappa shape index (κ3) is 2.18. The van der Waals surface area contributed by atoms with Crippen molar-refractivity contribution < 1.29 is 14.6 Å². The van der Waals surface area contributed by atoms with Crippen molar-refractivity contribution in [3.63, 3.8) is 0 Å². The lowest BCUT2D eigenvalue weighted by Gasteiger charge is -2.56. The van der Waals surface area contributed by atoms with Gasteiger partial charge in [-0.15, -0.1) is 0 Å². The zero-order chi connectivity index (χ0) is 16.0. The Labute approximate surface area is 135 Å². The summed E-state index contributed by atoms with van der Waals surface area (Å²) in [5.74, 6) is 0.0686. The lowest BCUT2D eigenvalue weighted by atomic mass is 9.58. The highest BCUT2D eigenvalue weighted by molar-refractivity contribution is 5.98. The van der Waals surface area contributed by atoms with E-state index in [1.165, 1.54) is 0 Å². The monoisotopic (exact) mass is 314 g/mol. The summed E-state index contributed by atoms with van der Waals surface area (Å²) in [6.45, 7) is 1.36. The second kappa shape index (κ2) is 5.35. The molecule has 2 atom stereocenters. The molecule has 0 bridgehead atoms. The molecular formula is C18H22N2O3. The molecule has 1 saturated heterocycles. The first-order chi connectivity index (χ1) is 11.1. The van der Waals surface area contributed by atoms with Gasteiger partial charge in [0.05, 0.1) is 12.2 Å². The number of aromatic amines is 1. The molecule has 5 heteroatoms. The van der Waals surface area contributed by atoms with Crippen molar-refractivity contribution in [3.05, 3.63) is 36.0 Å². The summed E-state index contributed by atoms with van der Waals surface area (Å²) in [4.78, 5) is 17.8. The van der Waals surface area contributed by atoms with E-state index in [1.807, 2.05) is 35.4 Å². The highest BCUT2D eigenvalue weighted by atomic mass is 16.5. The average Bonchev–Trinajstić information content (AvgIpc) is 3.06. The second-order valence-corrected chi connectivity index (χ2v) is 6.78. The minimum Gasteiger partial charge on any atom is -0.392 e. The van der Waals surface area contributed by atoms with E-state index in [4.69, 9.17) is 4.74 Å². The number of fused-ring (bicyclic) bond motifs is 1. The van der Waals surface area contributed by atoms with Crippen LogP contribution in [0.2, 0.25) is 0 Å². The van der Waals surface area contributed by atoms with Gasteiger partial charge in [0.15, 0.2) is 0 Å². The largest absolute Gasteiger partial charge is 0.392 e. The van der Waals surface area contributed by atoms with Crippen molar-refractivity contribution in [2.24, 2.45) is 5.41 Å². The summed E-state index contributed by atoms with van der Waals surface area (Å²) in [5, 5.41) is 11.3. The maximum atomic E-state index is 12.7. The average molecular weight is 314 g/mol. The van der Waals surface area contributed by atoms with Gasteiger partial charge in [0.2, 0.25) is 0 Å². The van der Waals surface area contributed by atoms with Gasteiger partial charge in [0.25, 0.3) is 5.91 Å². The quantitative estimate of drug-likeness (QED) is 0.893. The number of rotatable bonds is 2. The summed E-state index contributed by atoms with van der Waals surface area (Å²) >= 11 is 0. The molecule has 1 aliphatic heterocycles. The van der Waals surface area contributed by atoms with Gasteiger partial charge in [0.1, 0.15) is 0 Å². The molecule has 1 aliphatic carbocycles.